The zero-order chi connectivity index (χ0) is 18.3. The summed E-state index contributed by atoms with van der Waals surface area (Å²) in [6.45, 7) is 3.96. The molecule has 0 aliphatic rings. The third-order valence-corrected chi connectivity index (χ3v) is 3.22. The van der Waals surface area contributed by atoms with Gasteiger partial charge in [-0.1, -0.05) is 18.2 Å². The number of rotatable bonds is 3. The van der Waals surface area contributed by atoms with Gasteiger partial charge in [0.15, 0.2) is 0 Å². The highest BCUT2D eigenvalue weighted by Crippen LogP contribution is 2.20. The van der Waals surface area contributed by atoms with Gasteiger partial charge in [-0.15, -0.1) is 0 Å². The maximum atomic E-state index is 12.1. The molecule has 126 valence electrons. The molecule has 0 saturated carbocycles. The van der Waals surface area contributed by atoms with E-state index in [0.29, 0.717) is 11.3 Å². The number of carboxylic acids is 1. The second-order valence-electron chi connectivity index (χ2n) is 4.92. The lowest BCUT2D eigenvalue weighted by Gasteiger charge is -2.11. The Morgan fingerprint density at radius 1 is 1.00 bits per heavy atom. The number of carbonyl (C=O) groups is 3. The van der Waals surface area contributed by atoms with Crippen LogP contribution in [-0.4, -0.2) is 22.2 Å². The molecule has 0 atom stereocenters. The van der Waals surface area contributed by atoms with E-state index < -0.39 is 11.2 Å². The Kier molecular flexibility index (Phi) is 6.95. The Morgan fingerprint density at radius 2 is 1.46 bits per heavy atom. The SMILES string of the molecule is Cc1cccc(C)c1NC(=O)c1ccc(N)cc1.O=C(O)C(=O)Cl. The zero-order valence-electron chi connectivity index (χ0n) is 13.2. The minimum atomic E-state index is -1.61. The van der Waals surface area contributed by atoms with Gasteiger partial charge >= 0.3 is 11.2 Å². The van der Waals surface area contributed by atoms with E-state index in [9.17, 15) is 14.4 Å². The van der Waals surface area contributed by atoms with Crippen molar-refractivity contribution in [2.45, 2.75) is 13.8 Å². The Balaban J connectivity index is 0.000000413. The van der Waals surface area contributed by atoms with Gasteiger partial charge in [0.25, 0.3) is 5.91 Å². The normalized spacial score (nSPS) is 9.46. The number of halogens is 1. The lowest BCUT2D eigenvalue weighted by molar-refractivity contribution is -0.145. The molecule has 2 aromatic carbocycles. The van der Waals surface area contributed by atoms with Crippen molar-refractivity contribution in [1.29, 1.82) is 0 Å². The summed E-state index contributed by atoms with van der Waals surface area (Å²) in [7, 11) is 0. The minimum Gasteiger partial charge on any atom is -0.475 e. The summed E-state index contributed by atoms with van der Waals surface area (Å²) >= 11 is 4.37. The number of carbonyl (C=O) groups excluding carboxylic acids is 2. The van der Waals surface area contributed by atoms with Gasteiger partial charge < -0.3 is 16.2 Å². The van der Waals surface area contributed by atoms with Crippen molar-refractivity contribution < 1.29 is 19.5 Å². The molecule has 4 N–H and O–H groups in total. The third-order valence-electron chi connectivity index (χ3n) is 3.06. The van der Waals surface area contributed by atoms with Crippen LogP contribution >= 0.6 is 11.6 Å². The van der Waals surface area contributed by atoms with Gasteiger partial charge in [-0.05, 0) is 60.8 Å². The number of hydrogen-bond acceptors (Lipinski definition) is 4. The second kappa shape index (κ2) is 8.69. The van der Waals surface area contributed by atoms with Crippen LogP contribution < -0.4 is 11.1 Å². The van der Waals surface area contributed by atoms with E-state index in [1.807, 2.05) is 32.0 Å². The molecule has 0 aromatic heterocycles. The summed E-state index contributed by atoms with van der Waals surface area (Å²) in [6, 6.07) is 12.8. The fourth-order valence-corrected chi connectivity index (χ4v) is 1.83. The summed E-state index contributed by atoms with van der Waals surface area (Å²) in [4.78, 5) is 30.6. The number of aryl methyl sites for hydroxylation is 2. The molecule has 0 aliphatic heterocycles. The standard InChI is InChI=1S/C15H16N2O.C2HClO3/c1-10-4-3-5-11(2)14(10)17-15(18)12-6-8-13(16)9-7-12;3-1(4)2(5)6/h3-9H,16H2,1-2H3,(H,17,18);(H,5,6). The maximum absolute atomic E-state index is 12.1. The van der Waals surface area contributed by atoms with Gasteiger partial charge in [-0.2, -0.15) is 0 Å². The van der Waals surface area contributed by atoms with Crippen molar-refractivity contribution in [2.24, 2.45) is 0 Å². The first kappa shape index (κ1) is 19.2. The van der Waals surface area contributed by atoms with E-state index in [2.05, 4.69) is 16.9 Å². The number of amides is 1. The molecule has 0 bridgehead atoms. The van der Waals surface area contributed by atoms with Gasteiger partial charge in [0.2, 0.25) is 0 Å². The average Bonchev–Trinajstić information content (AvgIpc) is 2.52. The predicted octanol–water partition coefficient (Wildman–Crippen LogP) is 2.97. The van der Waals surface area contributed by atoms with E-state index in [0.717, 1.165) is 16.8 Å². The molecule has 0 spiro atoms. The molecule has 0 aliphatic carbocycles. The summed E-state index contributed by atoms with van der Waals surface area (Å²) in [6.07, 6.45) is 0. The molecule has 0 radical (unpaired) electrons. The van der Waals surface area contributed by atoms with Crippen LogP contribution in [0.2, 0.25) is 0 Å². The molecular formula is C17H17ClN2O4. The maximum Gasteiger partial charge on any atom is 0.388 e. The van der Waals surface area contributed by atoms with Crippen LogP contribution in [0, 0.1) is 13.8 Å². The number of anilines is 2. The molecule has 0 fully saturated rings. The molecule has 2 rings (SSSR count). The fourth-order valence-electron chi connectivity index (χ4n) is 1.83. The number of benzene rings is 2. The summed E-state index contributed by atoms with van der Waals surface area (Å²) in [5.41, 5.74) is 9.83. The molecule has 24 heavy (non-hydrogen) atoms. The Labute approximate surface area is 144 Å². The quantitative estimate of drug-likeness (QED) is 0.449. The van der Waals surface area contributed by atoms with E-state index in [-0.39, 0.29) is 5.91 Å². The van der Waals surface area contributed by atoms with Crippen LogP contribution in [0.5, 0.6) is 0 Å². The van der Waals surface area contributed by atoms with Gasteiger partial charge in [-0.3, -0.25) is 9.59 Å². The lowest BCUT2D eigenvalue weighted by Crippen LogP contribution is -2.13. The van der Waals surface area contributed by atoms with Gasteiger partial charge in [0.05, 0.1) is 0 Å². The molecular weight excluding hydrogens is 332 g/mol. The van der Waals surface area contributed by atoms with Crippen molar-refractivity contribution in [3.05, 3.63) is 59.2 Å². The van der Waals surface area contributed by atoms with Gasteiger partial charge in [0, 0.05) is 16.9 Å². The Morgan fingerprint density at radius 3 is 1.88 bits per heavy atom. The molecule has 1 amide bonds. The highest BCUT2D eigenvalue weighted by Gasteiger charge is 2.09. The average molecular weight is 349 g/mol. The predicted molar refractivity (Wildman–Crippen MR) is 93.2 cm³/mol. The van der Waals surface area contributed by atoms with Gasteiger partial charge in [-0.25, -0.2) is 4.79 Å². The third kappa shape index (κ3) is 5.73. The van der Waals surface area contributed by atoms with E-state index >= 15 is 0 Å². The smallest absolute Gasteiger partial charge is 0.388 e. The van der Waals surface area contributed by atoms with E-state index in [4.69, 9.17) is 10.8 Å². The fraction of sp³-hybridized carbons (Fsp3) is 0.118. The molecule has 0 unspecified atom stereocenters. The number of nitrogens with one attached hydrogen (secondary N) is 1. The molecule has 2 aromatic rings. The highest BCUT2D eigenvalue weighted by atomic mass is 35.5. The first-order valence-corrected chi connectivity index (χ1v) is 7.26. The number of nitrogen functional groups attached to an aromatic ring is 1. The van der Waals surface area contributed by atoms with Gasteiger partial charge in [0.1, 0.15) is 0 Å². The van der Waals surface area contributed by atoms with Crippen LogP contribution in [0.1, 0.15) is 21.5 Å². The molecule has 0 saturated heterocycles. The number of hydrogen-bond donors (Lipinski definition) is 3. The minimum absolute atomic E-state index is 0.118. The van der Waals surface area contributed by atoms with Crippen molar-refractivity contribution in [3.8, 4) is 0 Å². The van der Waals surface area contributed by atoms with Crippen molar-refractivity contribution in [1.82, 2.24) is 0 Å². The molecule has 7 heteroatoms. The summed E-state index contributed by atoms with van der Waals surface area (Å²) < 4.78 is 0. The molecule has 0 heterocycles. The Hall–Kier alpha value is -2.86. The largest absolute Gasteiger partial charge is 0.475 e. The monoisotopic (exact) mass is 348 g/mol. The van der Waals surface area contributed by atoms with Crippen molar-refractivity contribution >= 4 is 40.1 Å². The second-order valence-corrected chi connectivity index (χ2v) is 5.27. The van der Waals surface area contributed by atoms with Crippen LogP contribution in [-0.2, 0) is 9.59 Å². The lowest BCUT2D eigenvalue weighted by atomic mass is 10.1. The van der Waals surface area contributed by atoms with E-state index in [1.54, 1.807) is 24.3 Å². The van der Waals surface area contributed by atoms with Crippen LogP contribution in [0.25, 0.3) is 0 Å². The molecule has 6 nitrogen and oxygen atoms in total. The summed E-state index contributed by atoms with van der Waals surface area (Å²) in [5, 5.41) is 9.09. The van der Waals surface area contributed by atoms with Crippen molar-refractivity contribution in [2.75, 3.05) is 11.1 Å². The first-order valence-electron chi connectivity index (χ1n) is 6.88. The van der Waals surface area contributed by atoms with Crippen LogP contribution in [0.15, 0.2) is 42.5 Å². The number of nitrogens with two attached hydrogens (primary N) is 1. The van der Waals surface area contributed by atoms with Crippen LogP contribution in [0.4, 0.5) is 11.4 Å². The Bertz CT molecular complexity index is 725. The number of carboxylic acid groups (broad SMARTS) is 1. The van der Waals surface area contributed by atoms with Crippen LogP contribution in [0.3, 0.4) is 0 Å². The number of aliphatic carboxylic acids is 1. The van der Waals surface area contributed by atoms with Crippen molar-refractivity contribution in [3.63, 3.8) is 0 Å². The zero-order valence-corrected chi connectivity index (χ0v) is 13.9. The highest BCUT2D eigenvalue weighted by molar-refractivity contribution is 6.79. The summed E-state index contributed by atoms with van der Waals surface area (Å²) in [5.74, 6) is -1.73. The topological polar surface area (TPSA) is 109 Å². The van der Waals surface area contributed by atoms with E-state index in [1.165, 1.54) is 0 Å². The number of para-hydroxylation sites is 1. The first-order chi connectivity index (χ1) is 11.2.